The molecule has 134 valence electrons. The highest BCUT2D eigenvalue weighted by Crippen LogP contribution is 2.36. The van der Waals surface area contributed by atoms with E-state index in [1.54, 1.807) is 6.07 Å². The quantitative estimate of drug-likeness (QED) is 0.812. The Balaban J connectivity index is 1.98. The largest absolute Gasteiger partial charge is 0.480 e. The third-order valence-corrected chi connectivity index (χ3v) is 4.25. The molecular formula is C16H14F3NO4S. The Labute approximate surface area is 145 Å². The monoisotopic (exact) mass is 373 g/mol. The number of nitrogens with one attached hydrogen (secondary N) is 1. The van der Waals surface area contributed by atoms with E-state index in [1.807, 2.05) is 0 Å². The van der Waals surface area contributed by atoms with E-state index in [2.05, 4.69) is 5.32 Å². The number of alkyl halides is 3. The van der Waals surface area contributed by atoms with Crippen molar-refractivity contribution in [1.82, 2.24) is 5.32 Å². The van der Waals surface area contributed by atoms with Crippen LogP contribution in [0.4, 0.5) is 13.2 Å². The van der Waals surface area contributed by atoms with Gasteiger partial charge in [0.25, 0.3) is 5.91 Å². The molecule has 0 saturated heterocycles. The van der Waals surface area contributed by atoms with Gasteiger partial charge in [0.1, 0.15) is 10.6 Å². The molecule has 2 rings (SSSR count). The second-order valence-electron chi connectivity index (χ2n) is 5.04. The van der Waals surface area contributed by atoms with Crippen LogP contribution in [0, 0.1) is 0 Å². The maximum absolute atomic E-state index is 12.9. The number of ether oxygens (including phenoxy) is 1. The van der Waals surface area contributed by atoms with Crippen LogP contribution in [0.15, 0.2) is 36.4 Å². The van der Waals surface area contributed by atoms with Gasteiger partial charge in [-0.15, -0.1) is 11.3 Å². The average Bonchev–Trinajstić information content (AvgIpc) is 3.01. The lowest BCUT2D eigenvalue weighted by Gasteiger charge is -2.18. The van der Waals surface area contributed by atoms with Crippen molar-refractivity contribution >= 4 is 23.2 Å². The smallest absolute Gasteiger partial charge is 0.419 e. The van der Waals surface area contributed by atoms with E-state index in [4.69, 9.17) is 9.84 Å². The molecule has 0 bridgehead atoms. The van der Waals surface area contributed by atoms with Crippen molar-refractivity contribution in [2.75, 3.05) is 0 Å². The Bertz CT molecular complexity index is 773. The molecule has 0 spiro atoms. The van der Waals surface area contributed by atoms with Crippen LogP contribution >= 0.6 is 11.3 Å². The molecule has 0 fully saturated rings. The number of halogens is 3. The molecule has 1 aromatic heterocycles. The van der Waals surface area contributed by atoms with Gasteiger partial charge in [-0.25, -0.2) is 4.79 Å². The summed E-state index contributed by atoms with van der Waals surface area (Å²) in [5, 5.41) is 11.3. The Hall–Kier alpha value is -2.55. The molecule has 0 aliphatic rings. The van der Waals surface area contributed by atoms with Gasteiger partial charge in [-0.3, -0.25) is 4.79 Å². The average molecular weight is 373 g/mol. The normalized spacial score (nSPS) is 12.5. The third kappa shape index (κ3) is 4.96. The van der Waals surface area contributed by atoms with E-state index in [0.29, 0.717) is 4.88 Å². The topological polar surface area (TPSA) is 75.6 Å². The summed E-state index contributed by atoms with van der Waals surface area (Å²) in [6.07, 6.45) is -5.74. The lowest BCUT2D eigenvalue weighted by atomic mass is 10.2. The molecule has 25 heavy (non-hydrogen) atoms. The predicted octanol–water partition coefficient (Wildman–Crippen LogP) is 3.55. The first kappa shape index (κ1) is 18.8. The fraction of sp³-hybridized carbons (Fsp3) is 0.250. The molecule has 1 atom stereocenters. The Kier molecular flexibility index (Phi) is 5.68. The predicted molar refractivity (Wildman–Crippen MR) is 84.7 cm³/mol. The second kappa shape index (κ2) is 7.56. The van der Waals surface area contributed by atoms with E-state index in [-0.39, 0.29) is 11.4 Å². The van der Waals surface area contributed by atoms with Crippen LogP contribution in [0.2, 0.25) is 0 Å². The summed E-state index contributed by atoms with van der Waals surface area (Å²) < 4.78 is 43.9. The molecule has 1 amide bonds. The van der Waals surface area contributed by atoms with Gasteiger partial charge in [0.05, 0.1) is 12.1 Å². The second-order valence-corrected chi connectivity index (χ2v) is 6.21. The van der Waals surface area contributed by atoms with Crippen LogP contribution in [0.3, 0.4) is 0 Å². The van der Waals surface area contributed by atoms with Gasteiger partial charge in [-0.05, 0) is 31.2 Å². The zero-order chi connectivity index (χ0) is 18.6. The summed E-state index contributed by atoms with van der Waals surface area (Å²) in [6.45, 7) is 1.39. The molecule has 1 unspecified atom stereocenters. The van der Waals surface area contributed by atoms with Crippen LogP contribution in [0.1, 0.15) is 27.0 Å². The fourth-order valence-corrected chi connectivity index (χ4v) is 2.74. The van der Waals surface area contributed by atoms with E-state index >= 15 is 0 Å². The van der Waals surface area contributed by atoms with Gasteiger partial charge in [-0.1, -0.05) is 12.1 Å². The van der Waals surface area contributed by atoms with Gasteiger partial charge in [0.2, 0.25) is 0 Å². The van der Waals surface area contributed by atoms with Crippen LogP contribution < -0.4 is 10.1 Å². The highest BCUT2D eigenvalue weighted by Gasteiger charge is 2.34. The van der Waals surface area contributed by atoms with E-state index < -0.39 is 35.5 Å². The standard InChI is InChI=1S/C16H14F3NO4S/c1-9(24-12-5-3-2-4-11(12)16(17,18)19)14(21)20-8-10-6-7-13(25-10)15(22)23/h2-7,9H,8H2,1H3,(H,20,21)(H,22,23). The molecule has 5 nitrogen and oxygen atoms in total. The molecule has 0 radical (unpaired) electrons. The van der Waals surface area contributed by atoms with Crippen molar-refractivity contribution in [2.45, 2.75) is 25.7 Å². The summed E-state index contributed by atoms with van der Waals surface area (Å²) in [4.78, 5) is 23.5. The minimum atomic E-state index is -4.59. The molecule has 0 aliphatic heterocycles. The third-order valence-electron chi connectivity index (χ3n) is 3.17. The van der Waals surface area contributed by atoms with Crippen LogP contribution in [0.25, 0.3) is 0 Å². The van der Waals surface area contributed by atoms with Crippen molar-refractivity contribution in [2.24, 2.45) is 0 Å². The molecular weight excluding hydrogens is 359 g/mol. The van der Waals surface area contributed by atoms with Crippen molar-refractivity contribution in [3.63, 3.8) is 0 Å². The molecule has 2 aromatic rings. The highest BCUT2D eigenvalue weighted by molar-refractivity contribution is 7.13. The molecule has 0 saturated carbocycles. The first-order valence-electron chi connectivity index (χ1n) is 7.11. The van der Waals surface area contributed by atoms with Gasteiger partial charge in [0.15, 0.2) is 6.10 Å². The lowest BCUT2D eigenvalue weighted by Crippen LogP contribution is -2.36. The number of carbonyl (C=O) groups is 2. The molecule has 2 N–H and O–H groups in total. The number of hydrogen-bond donors (Lipinski definition) is 2. The van der Waals surface area contributed by atoms with Crippen molar-refractivity contribution in [1.29, 1.82) is 0 Å². The van der Waals surface area contributed by atoms with E-state index in [9.17, 15) is 22.8 Å². The number of para-hydroxylation sites is 1. The molecule has 1 aromatic carbocycles. The van der Waals surface area contributed by atoms with Crippen LogP contribution in [-0.2, 0) is 17.5 Å². The number of aromatic carboxylic acids is 1. The zero-order valence-corrected chi connectivity index (χ0v) is 13.8. The van der Waals surface area contributed by atoms with E-state index in [1.165, 1.54) is 25.1 Å². The Morgan fingerprint density at radius 3 is 2.52 bits per heavy atom. The fourth-order valence-electron chi connectivity index (χ4n) is 1.95. The van der Waals surface area contributed by atoms with Crippen LogP contribution in [-0.4, -0.2) is 23.1 Å². The minimum Gasteiger partial charge on any atom is -0.480 e. The van der Waals surface area contributed by atoms with Crippen molar-refractivity contribution < 1.29 is 32.6 Å². The number of hydrogen-bond acceptors (Lipinski definition) is 4. The number of carboxylic acid groups (broad SMARTS) is 1. The number of benzene rings is 1. The summed E-state index contributed by atoms with van der Waals surface area (Å²) in [5.41, 5.74) is -0.959. The number of carbonyl (C=O) groups excluding carboxylic acids is 1. The maximum Gasteiger partial charge on any atom is 0.419 e. The zero-order valence-electron chi connectivity index (χ0n) is 13.0. The van der Waals surface area contributed by atoms with Gasteiger partial charge in [-0.2, -0.15) is 13.2 Å². The van der Waals surface area contributed by atoms with Crippen molar-refractivity contribution in [3.8, 4) is 5.75 Å². The van der Waals surface area contributed by atoms with Crippen molar-refractivity contribution in [3.05, 3.63) is 51.7 Å². The SMILES string of the molecule is CC(Oc1ccccc1C(F)(F)F)C(=O)NCc1ccc(C(=O)O)s1. The van der Waals surface area contributed by atoms with Gasteiger partial charge in [0, 0.05) is 4.88 Å². The lowest BCUT2D eigenvalue weighted by molar-refractivity contribution is -0.140. The van der Waals surface area contributed by atoms with Crippen LogP contribution in [0.5, 0.6) is 5.75 Å². The Morgan fingerprint density at radius 2 is 1.92 bits per heavy atom. The first-order valence-corrected chi connectivity index (χ1v) is 7.92. The maximum atomic E-state index is 12.9. The van der Waals surface area contributed by atoms with Gasteiger partial charge >= 0.3 is 12.1 Å². The highest BCUT2D eigenvalue weighted by atomic mass is 32.1. The minimum absolute atomic E-state index is 0.0609. The number of amides is 1. The molecule has 9 heteroatoms. The van der Waals surface area contributed by atoms with Gasteiger partial charge < -0.3 is 15.2 Å². The Morgan fingerprint density at radius 1 is 1.24 bits per heavy atom. The summed E-state index contributed by atoms with van der Waals surface area (Å²) in [7, 11) is 0. The number of rotatable bonds is 6. The van der Waals surface area contributed by atoms with E-state index in [0.717, 1.165) is 23.5 Å². The number of thiophene rings is 1. The summed E-state index contributed by atoms with van der Waals surface area (Å²) >= 11 is 1.00. The summed E-state index contributed by atoms with van der Waals surface area (Å²) in [5.74, 6) is -2.10. The summed E-state index contributed by atoms with van der Waals surface area (Å²) in [6, 6.07) is 7.60. The molecule has 1 heterocycles. The molecule has 0 aliphatic carbocycles. The number of carboxylic acids is 1. The first-order chi connectivity index (χ1) is 11.7.